The van der Waals surface area contributed by atoms with Crippen LogP contribution in [0.25, 0.3) is 10.8 Å². The van der Waals surface area contributed by atoms with Crippen LogP contribution in [-0.2, 0) is 16.0 Å². The van der Waals surface area contributed by atoms with E-state index in [9.17, 15) is 9.59 Å². The molecule has 26 heavy (non-hydrogen) atoms. The van der Waals surface area contributed by atoms with Gasteiger partial charge in [0.15, 0.2) is 0 Å². The average Bonchev–Trinajstić information content (AvgIpc) is 2.63. The Balaban J connectivity index is 0.00000338. The van der Waals surface area contributed by atoms with Gasteiger partial charge >= 0.3 is 0 Å². The molecule has 0 aliphatic heterocycles. The fraction of sp³-hybridized carbons (Fsp3) is 0.400. The minimum Gasteiger partial charge on any atom is -0.351 e. The number of benzene rings is 2. The van der Waals surface area contributed by atoms with Crippen molar-refractivity contribution in [3.8, 4) is 0 Å². The number of amides is 2. The first kappa shape index (κ1) is 21.9. The number of hydrogen-bond donors (Lipinski definition) is 3. The number of halogens is 1. The Morgan fingerprint density at radius 2 is 1.81 bits per heavy atom. The molecule has 6 heteroatoms. The van der Waals surface area contributed by atoms with E-state index in [-0.39, 0.29) is 43.2 Å². The van der Waals surface area contributed by atoms with Crippen LogP contribution < -0.4 is 16.4 Å². The van der Waals surface area contributed by atoms with Crippen LogP contribution in [0.3, 0.4) is 0 Å². The van der Waals surface area contributed by atoms with Crippen molar-refractivity contribution < 1.29 is 9.59 Å². The third-order valence-corrected chi connectivity index (χ3v) is 4.23. The van der Waals surface area contributed by atoms with Gasteiger partial charge in [0.1, 0.15) is 0 Å². The first-order valence-corrected chi connectivity index (χ1v) is 8.86. The molecule has 0 aliphatic carbocycles. The Hall–Kier alpha value is -2.11. The molecule has 1 unspecified atom stereocenters. The second-order valence-corrected chi connectivity index (χ2v) is 6.23. The van der Waals surface area contributed by atoms with Crippen molar-refractivity contribution in [2.75, 3.05) is 13.1 Å². The summed E-state index contributed by atoms with van der Waals surface area (Å²) in [7, 11) is 0. The van der Waals surface area contributed by atoms with Crippen LogP contribution in [0.2, 0.25) is 0 Å². The summed E-state index contributed by atoms with van der Waals surface area (Å²) in [5.74, 6) is -0.359. The van der Waals surface area contributed by atoms with Gasteiger partial charge < -0.3 is 16.4 Å². The van der Waals surface area contributed by atoms with Crippen molar-refractivity contribution >= 4 is 35.0 Å². The quantitative estimate of drug-likeness (QED) is 0.627. The molecule has 0 saturated carbocycles. The van der Waals surface area contributed by atoms with Gasteiger partial charge in [-0.25, -0.2) is 0 Å². The van der Waals surface area contributed by atoms with Crippen molar-refractivity contribution in [1.29, 1.82) is 0 Å². The summed E-state index contributed by atoms with van der Waals surface area (Å²) in [4.78, 5) is 24.1. The number of nitrogens with one attached hydrogen (secondary N) is 2. The standard InChI is InChI=1S/C20H27N3O2.ClH/c1-2-3-10-17(13-21)23-20(25)14-22-19(24)12-16-9-6-8-15-7-4-5-11-18(15)16;/h4-9,11,17H,2-3,10,12-14,21H2,1H3,(H,22,24)(H,23,25);1H. The van der Waals surface area contributed by atoms with Gasteiger partial charge in [0, 0.05) is 12.6 Å². The van der Waals surface area contributed by atoms with Crippen molar-refractivity contribution in [1.82, 2.24) is 10.6 Å². The Labute approximate surface area is 161 Å². The zero-order valence-electron chi connectivity index (χ0n) is 15.2. The van der Waals surface area contributed by atoms with Crippen molar-refractivity contribution in [3.05, 3.63) is 48.0 Å². The van der Waals surface area contributed by atoms with Crippen LogP contribution in [0.15, 0.2) is 42.5 Å². The molecule has 0 bridgehead atoms. The van der Waals surface area contributed by atoms with Gasteiger partial charge in [-0.1, -0.05) is 62.2 Å². The molecule has 5 nitrogen and oxygen atoms in total. The van der Waals surface area contributed by atoms with Crippen LogP contribution >= 0.6 is 12.4 Å². The Kier molecular flexibility index (Phi) is 9.70. The highest BCUT2D eigenvalue weighted by Gasteiger charge is 2.12. The van der Waals surface area contributed by atoms with E-state index in [1.54, 1.807) is 0 Å². The van der Waals surface area contributed by atoms with E-state index in [0.29, 0.717) is 6.54 Å². The summed E-state index contributed by atoms with van der Waals surface area (Å²) < 4.78 is 0. The number of unbranched alkanes of at least 4 members (excludes halogenated alkanes) is 1. The van der Waals surface area contributed by atoms with E-state index in [0.717, 1.165) is 35.6 Å². The van der Waals surface area contributed by atoms with E-state index in [1.165, 1.54) is 0 Å². The molecule has 2 aromatic carbocycles. The van der Waals surface area contributed by atoms with E-state index in [4.69, 9.17) is 5.73 Å². The molecule has 2 aromatic rings. The predicted molar refractivity (Wildman–Crippen MR) is 108 cm³/mol. The van der Waals surface area contributed by atoms with Gasteiger partial charge in [-0.2, -0.15) is 0 Å². The maximum atomic E-state index is 12.2. The van der Waals surface area contributed by atoms with E-state index in [1.807, 2.05) is 42.5 Å². The van der Waals surface area contributed by atoms with Crippen LogP contribution in [0, 0.1) is 0 Å². The van der Waals surface area contributed by atoms with Gasteiger partial charge in [0.05, 0.1) is 13.0 Å². The number of nitrogens with two attached hydrogens (primary N) is 1. The molecule has 0 spiro atoms. The molecule has 142 valence electrons. The number of carbonyl (C=O) groups excluding carboxylic acids is 2. The molecule has 2 amide bonds. The highest BCUT2D eigenvalue weighted by Crippen LogP contribution is 2.18. The number of carbonyl (C=O) groups is 2. The highest BCUT2D eigenvalue weighted by atomic mass is 35.5. The molecule has 0 heterocycles. The minimum absolute atomic E-state index is 0. The van der Waals surface area contributed by atoms with Crippen LogP contribution in [0.4, 0.5) is 0 Å². The maximum Gasteiger partial charge on any atom is 0.239 e. The lowest BCUT2D eigenvalue weighted by Crippen LogP contribution is -2.45. The molecule has 0 fully saturated rings. The second-order valence-electron chi connectivity index (χ2n) is 6.23. The van der Waals surface area contributed by atoms with Gasteiger partial charge in [-0.05, 0) is 22.8 Å². The van der Waals surface area contributed by atoms with E-state index < -0.39 is 0 Å². The summed E-state index contributed by atoms with van der Waals surface area (Å²) in [6.45, 7) is 2.49. The van der Waals surface area contributed by atoms with Gasteiger partial charge in [-0.15, -0.1) is 12.4 Å². The minimum atomic E-state index is -0.196. The summed E-state index contributed by atoms with van der Waals surface area (Å²) in [5, 5.41) is 7.73. The molecular formula is C20H28ClN3O2. The lowest BCUT2D eigenvalue weighted by atomic mass is 10.0. The number of fused-ring (bicyclic) bond motifs is 1. The van der Waals surface area contributed by atoms with Crippen molar-refractivity contribution in [2.24, 2.45) is 5.73 Å². The molecular weight excluding hydrogens is 350 g/mol. The summed E-state index contributed by atoms with van der Waals surface area (Å²) in [6, 6.07) is 13.8. The van der Waals surface area contributed by atoms with Crippen molar-refractivity contribution in [3.63, 3.8) is 0 Å². The topological polar surface area (TPSA) is 84.2 Å². The molecule has 4 N–H and O–H groups in total. The Bertz CT molecular complexity index is 716. The van der Waals surface area contributed by atoms with Crippen LogP contribution in [-0.4, -0.2) is 30.9 Å². The van der Waals surface area contributed by atoms with E-state index >= 15 is 0 Å². The molecule has 2 rings (SSSR count). The fourth-order valence-electron chi connectivity index (χ4n) is 2.84. The zero-order valence-corrected chi connectivity index (χ0v) is 16.0. The predicted octanol–water partition coefficient (Wildman–Crippen LogP) is 2.55. The smallest absolute Gasteiger partial charge is 0.239 e. The number of rotatable bonds is 9. The maximum absolute atomic E-state index is 12.2. The van der Waals surface area contributed by atoms with Gasteiger partial charge in [0.25, 0.3) is 0 Å². The SMILES string of the molecule is CCCCC(CN)NC(=O)CNC(=O)Cc1cccc2ccccc12.Cl. The first-order valence-electron chi connectivity index (χ1n) is 8.86. The Morgan fingerprint density at radius 3 is 2.54 bits per heavy atom. The molecule has 0 radical (unpaired) electrons. The lowest BCUT2D eigenvalue weighted by Gasteiger charge is -2.16. The summed E-state index contributed by atoms with van der Waals surface area (Å²) in [6.07, 6.45) is 3.21. The van der Waals surface area contributed by atoms with Crippen LogP contribution in [0.5, 0.6) is 0 Å². The van der Waals surface area contributed by atoms with Gasteiger partial charge in [0.2, 0.25) is 11.8 Å². The normalized spacial score (nSPS) is 11.5. The fourth-order valence-corrected chi connectivity index (χ4v) is 2.84. The lowest BCUT2D eigenvalue weighted by molar-refractivity contribution is -0.126. The van der Waals surface area contributed by atoms with Crippen LogP contribution in [0.1, 0.15) is 31.7 Å². The number of hydrogen-bond acceptors (Lipinski definition) is 3. The molecule has 0 aliphatic rings. The summed E-state index contributed by atoms with van der Waals surface area (Å²) in [5.41, 5.74) is 6.63. The summed E-state index contributed by atoms with van der Waals surface area (Å²) >= 11 is 0. The largest absolute Gasteiger partial charge is 0.351 e. The molecule has 1 atom stereocenters. The first-order chi connectivity index (χ1) is 12.1. The zero-order chi connectivity index (χ0) is 18.1. The second kappa shape index (κ2) is 11.5. The van der Waals surface area contributed by atoms with Gasteiger partial charge in [-0.3, -0.25) is 9.59 Å². The monoisotopic (exact) mass is 377 g/mol. The third kappa shape index (κ3) is 6.65. The molecule has 0 saturated heterocycles. The van der Waals surface area contributed by atoms with E-state index in [2.05, 4.69) is 17.6 Å². The third-order valence-electron chi connectivity index (χ3n) is 4.23. The Morgan fingerprint density at radius 1 is 1.08 bits per heavy atom. The highest BCUT2D eigenvalue weighted by molar-refractivity contribution is 5.91. The molecule has 0 aromatic heterocycles. The van der Waals surface area contributed by atoms with Crippen molar-refractivity contribution in [2.45, 2.75) is 38.6 Å². The average molecular weight is 378 g/mol.